The maximum absolute atomic E-state index is 13.2. The number of nitrogens with zero attached hydrogens (tertiary/aromatic N) is 2. The van der Waals surface area contributed by atoms with E-state index in [9.17, 15) is 27.6 Å². The van der Waals surface area contributed by atoms with Gasteiger partial charge in [0.25, 0.3) is 11.8 Å². The standard InChI is InChI=1S/C25H30F3N3O3/c1-3-17(2)31-15-20(22(32)21(16-31)24(34)30-11-6-4-5-7-12-30)23(33)29-14-18-9-8-10-19(13-18)25(26,27)28/h8-10,13,15-17H,3-7,11-12,14H2,1-2H3,(H,29,33)/t17-/m1/s1. The number of benzene rings is 1. The zero-order chi connectivity index (χ0) is 24.9. The molecule has 0 aliphatic carbocycles. The van der Waals surface area contributed by atoms with Crippen LogP contribution in [0.2, 0.25) is 0 Å². The van der Waals surface area contributed by atoms with Crippen molar-refractivity contribution in [2.75, 3.05) is 13.1 Å². The van der Waals surface area contributed by atoms with Gasteiger partial charge in [-0.3, -0.25) is 14.4 Å². The van der Waals surface area contributed by atoms with Gasteiger partial charge in [-0.2, -0.15) is 13.2 Å². The van der Waals surface area contributed by atoms with Crippen LogP contribution in [0.25, 0.3) is 0 Å². The summed E-state index contributed by atoms with van der Waals surface area (Å²) in [6.07, 6.45) is 2.92. The molecular formula is C25H30F3N3O3. The molecule has 1 fully saturated rings. The molecule has 0 unspecified atom stereocenters. The van der Waals surface area contributed by atoms with Crippen LogP contribution in [-0.4, -0.2) is 34.4 Å². The Kier molecular flexibility index (Phi) is 8.17. The lowest BCUT2D eigenvalue weighted by molar-refractivity contribution is -0.137. The van der Waals surface area contributed by atoms with Crippen LogP contribution in [-0.2, 0) is 12.7 Å². The number of rotatable bonds is 6. The molecule has 34 heavy (non-hydrogen) atoms. The summed E-state index contributed by atoms with van der Waals surface area (Å²) in [4.78, 5) is 40.9. The largest absolute Gasteiger partial charge is 0.416 e. The lowest BCUT2D eigenvalue weighted by atomic mass is 10.1. The van der Waals surface area contributed by atoms with E-state index >= 15 is 0 Å². The smallest absolute Gasteiger partial charge is 0.350 e. The normalized spacial score (nSPS) is 15.5. The second-order valence-corrected chi connectivity index (χ2v) is 8.71. The van der Waals surface area contributed by atoms with Crippen LogP contribution in [0.5, 0.6) is 0 Å². The Morgan fingerprint density at radius 2 is 1.71 bits per heavy atom. The van der Waals surface area contributed by atoms with Gasteiger partial charge in [-0.25, -0.2) is 0 Å². The van der Waals surface area contributed by atoms with E-state index < -0.39 is 29.0 Å². The molecular weight excluding hydrogens is 447 g/mol. The van der Waals surface area contributed by atoms with Crippen molar-refractivity contribution in [2.24, 2.45) is 0 Å². The number of carbonyl (C=O) groups excluding carboxylic acids is 2. The molecule has 0 spiro atoms. The van der Waals surface area contributed by atoms with Crippen LogP contribution in [0, 0.1) is 0 Å². The number of carbonyl (C=O) groups is 2. The van der Waals surface area contributed by atoms with Crippen LogP contribution in [0.4, 0.5) is 13.2 Å². The highest BCUT2D eigenvalue weighted by atomic mass is 19.4. The third-order valence-electron chi connectivity index (χ3n) is 6.22. The van der Waals surface area contributed by atoms with E-state index in [0.717, 1.165) is 37.8 Å². The van der Waals surface area contributed by atoms with Crippen molar-refractivity contribution >= 4 is 11.8 Å². The summed E-state index contributed by atoms with van der Waals surface area (Å²) in [5.41, 5.74) is -1.50. The van der Waals surface area contributed by atoms with Gasteiger partial charge in [-0.05, 0) is 43.9 Å². The molecule has 1 aromatic carbocycles. The van der Waals surface area contributed by atoms with Crippen LogP contribution < -0.4 is 10.7 Å². The zero-order valence-electron chi connectivity index (χ0n) is 19.5. The predicted octanol–water partition coefficient (Wildman–Crippen LogP) is 4.78. The predicted molar refractivity (Wildman–Crippen MR) is 123 cm³/mol. The molecule has 1 aliphatic heterocycles. The van der Waals surface area contributed by atoms with Gasteiger partial charge in [-0.15, -0.1) is 0 Å². The van der Waals surface area contributed by atoms with Crippen LogP contribution >= 0.6 is 0 Å². The van der Waals surface area contributed by atoms with Gasteiger partial charge in [0.05, 0.1) is 5.56 Å². The minimum atomic E-state index is -4.49. The minimum Gasteiger partial charge on any atom is -0.350 e. The number of hydrogen-bond donors (Lipinski definition) is 1. The first-order chi connectivity index (χ1) is 16.1. The number of pyridine rings is 1. The Labute approximate surface area is 196 Å². The summed E-state index contributed by atoms with van der Waals surface area (Å²) < 4.78 is 40.6. The first kappa shape index (κ1) is 25.5. The summed E-state index contributed by atoms with van der Waals surface area (Å²) in [6.45, 7) is 4.80. The molecule has 2 heterocycles. The van der Waals surface area contributed by atoms with Crippen molar-refractivity contribution in [3.05, 3.63) is 69.1 Å². The molecule has 0 saturated carbocycles. The zero-order valence-corrected chi connectivity index (χ0v) is 19.5. The number of hydrogen-bond acceptors (Lipinski definition) is 3. The molecule has 6 nitrogen and oxygen atoms in total. The summed E-state index contributed by atoms with van der Waals surface area (Å²) in [5.74, 6) is -1.12. The molecule has 1 N–H and O–H groups in total. The van der Waals surface area contributed by atoms with E-state index in [0.29, 0.717) is 19.5 Å². The van der Waals surface area contributed by atoms with E-state index in [2.05, 4.69) is 5.32 Å². The Hall–Kier alpha value is -3.10. The van der Waals surface area contributed by atoms with Gasteiger partial charge in [0.15, 0.2) is 0 Å². The van der Waals surface area contributed by atoms with Crippen molar-refractivity contribution in [1.82, 2.24) is 14.8 Å². The second-order valence-electron chi connectivity index (χ2n) is 8.71. The lowest BCUT2D eigenvalue weighted by Crippen LogP contribution is -2.38. The fourth-order valence-electron chi connectivity index (χ4n) is 3.96. The third kappa shape index (κ3) is 6.07. The molecule has 1 aliphatic rings. The molecule has 1 aromatic heterocycles. The number of nitrogens with one attached hydrogen (secondary N) is 1. The average Bonchev–Trinajstić information content (AvgIpc) is 3.11. The summed E-state index contributed by atoms with van der Waals surface area (Å²) >= 11 is 0. The van der Waals surface area contributed by atoms with E-state index in [1.165, 1.54) is 24.5 Å². The Balaban J connectivity index is 1.89. The summed E-state index contributed by atoms with van der Waals surface area (Å²) in [5, 5.41) is 2.53. The Bertz CT molecular complexity index is 1090. The van der Waals surface area contributed by atoms with E-state index in [1.54, 1.807) is 9.47 Å². The fraction of sp³-hybridized carbons (Fsp3) is 0.480. The molecule has 1 atom stereocenters. The lowest BCUT2D eigenvalue weighted by Gasteiger charge is -2.22. The Morgan fingerprint density at radius 3 is 2.32 bits per heavy atom. The second kappa shape index (κ2) is 10.9. The number of halogens is 3. The van der Waals surface area contributed by atoms with Gasteiger partial charge in [0, 0.05) is 38.1 Å². The molecule has 0 radical (unpaired) electrons. The number of likely N-dealkylation sites (tertiary alicyclic amines) is 1. The van der Waals surface area contributed by atoms with E-state index in [4.69, 9.17) is 0 Å². The van der Waals surface area contributed by atoms with Crippen molar-refractivity contribution in [2.45, 2.75) is 64.7 Å². The first-order valence-corrected chi connectivity index (χ1v) is 11.6. The Morgan fingerprint density at radius 1 is 1.06 bits per heavy atom. The molecule has 1 saturated heterocycles. The van der Waals surface area contributed by atoms with Crippen molar-refractivity contribution in [1.29, 1.82) is 0 Å². The fourth-order valence-corrected chi connectivity index (χ4v) is 3.96. The number of aromatic nitrogens is 1. The highest BCUT2D eigenvalue weighted by Crippen LogP contribution is 2.29. The van der Waals surface area contributed by atoms with Crippen LogP contribution in [0.15, 0.2) is 41.5 Å². The highest BCUT2D eigenvalue weighted by Gasteiger charge is 2.30. The molecule has 2 aromatic rings. The van der Waals surface area contributed by atoms with Crippen molar-refractivity contribution in [3.63, 3.8) is 0 Å². The van der Waals surface area contributed by atoms with E-state index in [-0.39, 0.29) is 29.3 Å². The molecule has 3 rings (SSSR count). The SMILES string of the molecule is CC[C@@H](C)n1cc(C(=O)NCc2cccc(C(F)(F)F)c2)c(=O)c(C(=O)N2CCCCCC2)c1. The van der Waals surface area contributed by atoms with Gasteiger partial charge in [-0.1, -0.05) is 31.9 Å². The average molecular weight is 478 g/mol. The van der Waals surface area contributed by atoms with Crippen LogP contribution in [0.1, 0.15) is 83.8 Å². The monoisotopic (exact) mass is 477 g/mol. The van der Waals surface area contributed by atoms with E-state index in [1.807, 2.05) is 13.8 Å². The minimum absolute atomic E-state index is 0.0612. The summed E-state index contributed by atoms with van der Waals surface area (Å²) in [6, 6.07) is 4.57. The quantitative estimate of drug-likeness (QED) is 0.651. The third-order valence-corrected chi connectivity index (χ3v) is 6.22. The van der Waals surface area contributed by atoms with Gasteiger partial charge < -0.3 is 14.8 Å². The topological polar surface area (TPSA) is 71.4 Å². The van der Waals surface area contributed by atoms with Gasteiger partial charge in [0.1, 0.15) is 11.1 Å². The number of alkyl halides is 3. The van der Waals surface area contributed by atoms with Gasteiger partial charge >= 0.3 is 6.18 Å². The molecule has 9 heteroatoms. The maximum Gasteiger partial charge on any atom is 0.416 e. The molecule has 2 amide bonds. The molecule has 184 valence electrons. The maximum atomic E-state index is 13.2. The first-order valence-electron chi connectivity index (χ1n) is 11.6. The number of amides is 2. The summed E-state index contributed by atoms with van der Waals surface area (Å²) in [7, 11) is 0. The van der Waals surface area contributed by atoms with Crippen molar-refractivity contribution < 1.29 is 22.8 Å². The van der Waals surface area contributed by atoms with Crippen molar-refractivity contribution in [3.8, 4) is 0 Å². The van der Waals surface area contributed by atoms with Gasteiger partial charge in [0.2, 0.25) is 5.43 Å². The highest BCUT2D eigenvalue weighted by molar-refractivity contribution is 5.99. The van der Waals surface area contributed by atoms with Crippen LogP contribution in [0.3, 0.4) is 0 Å². The molecule has 0 bridgehead atoms.